The Labute approximate surface area is 143 Å². The predicted molar refractivity (Wildman–Crippen MR) is 96.8 cm³/mol. The molecule has 7 heteroatoms. The summed E-state index contributed by atoms with van der Waals surface area (Å²) in [6, 6.07) is 7.17. The van der Waals surface area contributed by atoms with Crippen LogP contribution in [0.25, 0.3) is 6.08 Å². The second-order valence-corrected chi connectivity index (χ2v) is 6.24. The number of rotatable bonds is 5. The largest absolute Gasteiger partial charge is 0.387 e. The van der Waals surface area contributed by atoms with E-state index >= 15 is 0 Å². The van der Waals surface area contributed by atoms with Crippen LogP contribution >= 0.6 is 23.6 Å². The molecular formula is C16H15N3O2S2. The highest BCUT2D eigenvalue weighted by Gasteiger charge is 2.14. The minimum absolute atomic E-state index is 0.127. The fourth-order valence-electron chi connectivity index (χ4n) is 1.86. The number of nitrogens with one attached hydrogen (secondary N) is 1. The van der Waals surface area contributed by atoms with Crippen molar-refractivity contribution in [3.63, 3.8) is 0 Å². The van der Waals surface area contributed by atoms with Gasteiger partial charge in [0.15, 0.2) is 10.8 Å². The number of nitrogens with zero attached hydrogens (tertiary/aromatic N) is 1. The van der Waals surface area contributed by atoms with Gasteiger partial charge in [-0.25, -0.2) is 4.98 Å². The highest BCUT2D eigenvalue weighted by Crippen LogP contribution is 2.19. The highest BCUT2D eigenvalue weighted by molar-refractivity contribution is 7.81. The number of ketones is 1. The van der Waals surface area contributed by atoms with Crippen LogP contribution in [-0.2, 0) is 4.79 Å². The molecule has 5 nitrogen and oxygen atoms in total. The lowest BCUT2D eigenvalue weighted by atomic mass is 10.1. The van der Waals surface area contributed by atoms with E-state index in [-0.39, 0.29) is 16.7 Å². The average molecular weight is 345 g/mol. The van der Waals surface area contributed by atoms with Gasteiger partial charge in [-0.3, -0.25) is 9.59 Å². The summed E-state index contributed by atoms with van der Waals surface area (Å²) >= 11 is 6.07. The Morgan fingerprint density at radius 1 is 1.30 bits per heavy atom. The zero-order chi connectivity index (χ0) is 17.0. The SMILES string of the molecule is CC(=O)Nc1ccc(/C=C\C(=O)c2sc(C(N)=S)nc2C)cc1. The van der Waals surface area contributed by atoms with E-state index in [0.29, 0.717) is 21.3 Å². The predicted octanol–water partition coefficient (Wildman–Crippen LogP) is 2.94. The lowest BCUT2D eigenvalue weighted by molar-refractivity contribution is -0.114. The van der Waals surface area contributed by atoms with Crippen molar-refractivity contribution in [2.45, 2.75) is 13.8 Å². The molecule has 0 unspecified atom stereocenters. The number of hydrogen-bond acceptors (Lipinski definition) is 5. The van der Waals surface area contributed by atoms with E-state index < -0.39 is 0 Å². The number of nitrogens with two attached hydrogens (primary N) is 1. The van der Waals surface area contributed by atoms with Gasteiger partial charge in [-0.15, -0.1) is 11.3 Å². The molecule has 3 N–H and O–H groups in total. The number of amides is 1. The molecule has 0 aliphatic heterocycles. The molecular weight excluding hydrogens is 330 g/mol. The number of benzene rings is 1. The maximum Gasteiger partial charge on any atom is 0.221 e. The van der Waals surface area contributed by atoms with Gasteiger partial charge in [0, 0.05) is 12.6 Å². The lowest BCUT2D eigenvalue weighted by Crippen LogP contribution is -2.08. The van der Waals surface area contributed by atoms with Crippen molar-refractivity contribution in [2.75, 3.05) is 5.32 Å². The Morgan fingerprint density at radius 2 is 1.96 bits per heavy atom. The third-order valence-electron chi connectivity index (χ3n) is 2.89. The Hall–Kier alpha value is -2.38. The summed E-state index contributed by atoms with van der Waals surface area (Å²) in [4.78, 5) is 28.1. The van der Waals surface area contributed by atoms with Gasteiger partial charge in [-0.2, -0.15) is 0 Å². The summed E-state index contributed by atoms with van der Waals surface area (Å²) in [5, 5.41) is 3.18. The van der Waals surface area contributed by atoms with E-state index in [1.54, 1.807) is 25.1 Å². The van der Waals surface area contributed by atoms with Gasteiger partial charge < -0.3 is 11.1 Å². The first-order chi connectivity index (χ1) is 10.9. The second-order valence-electron chi connectivity index (χ2n) is 4.80. The van der Waals surface area contributed by atoms with E-state index in [4.69, 9.17) is 18.0 Å². The van der Waals surface area contributed by atoms with Gasteiger partial charge in [-0.05, 0) is 30.7 Å². The van der Waals surface area contributed by atoms with Crippen LogP contribution in [0.3, 0.4) is 0 Å². The van der Waals surface area contributed by atoms with E-state index in [0.717, 1.165) is 5.56 Å². The van der Waals surface area contributed by atoms with E-state index in [2.05, 4.69) is 10.3 Å². The number of thiazole rings is 1. The van der Waals surface area contributed by atoms with Crippen LogP contribution in [-0.4, -0.2) is 21.7 Å². The summed E-state index contributed by atoms with van der Waals surface area (Å²) in [7, 11) is 0. The molecule has 23 heavy (non-hydrogen) atoms. The molecule has 2 aromatic rings. The normalized spacial score (nSPS) is 10.7. The number of anilines is 1. The molecule has 1 heterocycles. The number of carbonyl (C=O) groups is 2. The van der Waals surface area contributed by atoms with Gasteiger partial charge in [0.05, 0.1) is 10.6 Å². The lowest BCUT2D eigenvalue weighted by Gasteiger charge is -2.01. The third-order valence-corrected chi connectivity index (χ3v) is 4.42. The number of allylic oxidation sites excluding steroid dienone is 1. The van der Waals surface area contributed by atoms with Crippen molar-refractivity contribution in [1.29, 1.82) is 0 Å². The zero-order valence-corrected chi connectivity index (χ0v) is 14.3. The van der Waals surface area contributed by atoms with Crippen LogP contribution in [0.4, 0.5) is 5.69 Å². The maximum absolute atomic E-state index is 12.2. The van der Waals surface area contributed by atoms with Crippen LogP contribution in [0.5, 0.6) is 0 Å². The Balaban J connectivity index is 2.12. The molecule has 0 saturated carbocycles. The second kappa shape index (κ2) is 7.26. The number of carbonyl (C=O) groups excluding carboxylic acids is 2. The number of thiocarbonyl (C=S) groups is 1. The molecule has 0 atom stereocenters. The van der Waals surface area contributed by atoms with Crippen molar-refractivity contribution < 1.29 is 9.59 Å². The maximum atomic E-state index is 12.2. The summed E-state index contributed by atoms with van der Waals surface area (Å²) < 4.78 is 0. The average Bonchev–Trinajstić information content (AvgIpc) is 2.88. The van der Waals surface area contributed by atoms with E-state index in [1.807, 2.05) is 12.1 Å². The Morgan fingerprint density at radius 3 is 2.48 bits per heavy atom. The molecule has 0 spiro atoms. The molecule has 1 aromatic heterocycles. The van der Waals surface area contributed by atoms with Crippen LogP contribution in [0.1, 0.15) is 32.9 Å². The minimum Gasteiger partial charge on any atom is -0.387 e. The highest BCUT2D eigenvalue weighted by atomic mass is 32.1. The Bertz CT molecular complexity index is 792. The van der Waals surface area contributed by atoms with Crippen molar-refractivity contribution in [1.82, 2.24) is 4.98 Å². The smallest absolute Gasteiger partial charge is 0.221 e. The standard InChI is InChI=1S/C16H15N3O2S2/c1-9-14(23-16(18-9)15(17)22)13(21)8-5-11-3-6-12(7-4-11)19-10(2)20/h3-8H,1-2H3,(H2,17,22)(H,19,20)/b8-5-. The summed E-state index contributed by atoms with van der Waals surface area (Å²) in [5.41, 5.74) is 7.71. The first-order valence-corrected chi connectivity index (χ1v) is 7.96. The number of aromatic nitrogens is 1. The van der Waals surface area contributed by atoms with Gasteiger partial charge in [-0.1, -0.05) is 30.4 Å². The van der Waals surface area contributed by atoms with Crippen LogP contribution in [0.15, 0.2) is 30.3 Å². The van der Waals surface area contributed by atoms with Crippen LogP contribution in [0, 0.1) is 6.92 Å². The molecule has 0 bridgehead atoms. The Kier molecular flexibility index (Phi) is 5.36. The molecule has 118 valence electrons. The molecule has 0 fully saturated rings. The fourth-order valence-corrected chi connectivity index (χ4v) is 2.87. The van der Waals surface area contributed by atoms with Gasteiger partial charge in [0.25, 0.3) is 0 Å². The first-order valence-electron chi connectivity index (χ1n) is 6.74. The molecule has 0 saturated heterocycles. The number of hydrogen-bond donors (Lipinski definition) is 2. The van der Waals surface area contributed by atoms with Crippen molar-refractivity contribution in [3.8, 4) is 0 Å². The molecule has 0 aliphatic rings. The van der Waals surface area contributed by atoms with Crippen LogP contribution in [0.2, 0.25) is 0 Å². The van der Waals surface area contributed by atoms with Crippen molar-refractivity contribution in [3.05, 3.63) is 51.5 Å². The monoisotopic (exact) mass is 345 g/mol. The molecule has 1 aromatic carbocycles. The fraction of sp³-hybridized carbons (Fsp3) is 0.125. The van der Waals surface area contributed by atoms with Gasteiger partial charge in [0.1, 0.15) is 4.99 Å². The zero-order valence-electron chi connectivity index (χ0n) is 12.6. The molecule has 0 aliphatic carbocycles. The van der Waals surface area contributed by atoms with Crippen molar-refractivity contribution in [2.24, 2.45) is 5.73 Å². The third kappa shape index (κ3) is 4.54. The topological polar surface area (TPSA) is 85.1 Å². The van der Waals surface area contributed by atoms with Crippen molar-refractivity contribution >= 4 is 52.0 Å². The molecule has 2 rings (SSSR count). The van der Waals surface area contributed by atoms with Gasteiger partial charge >= 0.3 is 0 Å². The van der Waals surface area contributed by atoms with Crippen LogP contribution < -0.4 is 11.1 Å². The van der Waals surface area contributed by atoms with Gasteiger partial charge in [0.2, 0.25) is 5.91 Å². The summed E-state index contributed by atoms with van der Waals surface area (Å²) in [5.74, 6) is -0.272. The molecule has 1 amide bonds. The minimum atomic E-state index is -0.145. The summed E-state index contributed by atoms with van der Waals surface area (Å²) in [6.07, 6.45) is 3.19. The summed E-state index contributed by atoms with van der Waals surface area (Å²) in [6.45, 7) is 3.20. The van der Waals surface area contributed by atoms with E-state index in [1.165, 1.54) is 24.3 Å². The number of aryl methyl sites for hydroxylation is 1. The quantitative estimate of drug-likeness (QED) is 0.494. The first kappa shape index (κ1) is 17.0. The van der Waals surface area contributed by atoms with E-state index in [9.17, 15) is 9.59 Å². The molecule has 0 radical (unpaired) electrons.